The van der Waals surface area contributed by atoms with Gasteiger partial charge in [0.05, 0.1) is 5.25 Å². The quantitative estimate of drug-likeness (QED) is 0.826. The number of anilines is 2. The molecule has 3 nitrogen and oxygen atoms in total. The van der Waals surface area contributed by atoms with Crippen LogP contribution in [0.3, 0.4) is 0 Å². The number of hydrogen-bond acceptors (Lipinski definition) is 3. The van der Waals surface area contributed by atoms with Gasteiger partial charge >= 0.3 is 0 Å². The van der Waals surface area contributed by atoms with Crippen molar-refractivity contribution in [2.45, 2.75) is 56.5 Å². The van der Waals surface area contributed by atoms with E-state index >= 15 is 0 Å². The summed E-state index contributed by atoms with van der Waals surface area (Å²) in [6.07, 6.45) is 6.46. The van der Waals surface area contributed by atoms with Crippen LogP contribution in [0.15, 0.2) is 18.2 Å². The van der Waals surface area contributed by atoms with Gasteiger partial charge in [0.1, 0.15) is 0 Å². The van der Waals surface area contributed by atoms with Gasteiger partial charge < -0.3 is 11.1 Å². The Morgan fingerprint density at radius 3 is 2.75 bits per heavy atom. The lowest BCUT2D eigenvalue weighted by atomic mass is 10.0. The van der Waals surface area contributed by atoms with Crippen molar-refractivity contribution in [1.82, 2.24) is 0 Å². The molecule has 20 heavy (non-hydrogen) atoms. The Hall–Kier alpha value is -1.16. The molecule has 1 fully saturated rings. The van der Waals surface area contributed by atoms with Gasteiger partial charge in [-0.15, -0.1) is 11.8 Å². The van der Waals surface area contributed by atoms with Crippen LogP contribution in [0.25, 0.3) is 0 Å². The third-order valence-corrected chi connectivity index (χ3v) is 5.43. The first-order valence-electron chi connectivity index (χ1n) is 7.39. The van der Waals surface area contributed by atoms with Crippen molar-refractivity contribution in [3.8, 4) is 0 Å². The molecular formula is C16H24N2OS. The summed E-state index contributed by atoms with van der Waals surface area (Å²) in [6, 6.07) is 5.63. The highest BCUT2D eigenvalue weighted by molar-refractivity contribution is 8.01. The molecule has 0 aromatic heterocycles. The van der Waals surface area contributed by atoms with Gasteiger partial charge in [0.15, 0.2) is 0 Å². The maximum absolute atomic E-state index is 12.3. The number of thioether (sulfide) groups is 1. The van der Waals surface area contributed by atoms with Gasteiger partial charge in [-0.3, -0.25) is 4.79 Å². The van der Waals surface area contributed by atoms with E-state index in [4.69, 9.17) is 5.73 Å². The molecule has 1 saturated carbocycles. The van der Waals surface area contributed by atoms with Crippen LogP contribution in [0.5, 0.6) is 0 Å². The van der Waals surface area contributed by atoms with Crippen molar-refractivity contribution in [3.63, 3.8) is 0 Å². The van der Waals surface area contributed by atoms with Crippen LogP contribution in [0.1, 0.15) is 44.6 Å². The van der Waals surface area contributed by atoms with Crippen LogP contribution in [0, 0.1) is 6.92 Å². The lowest BCUT2D eigenvalue weighted by Crippen LogP contribution is -2.26. The standard InChI is InChI=1S/C16H24N2OS/c1-11-14(17)9-6-10-15(11)18-16(19)12(2)20-13-7-4-3-5-8-13/h6,9-10,12-13H,3-5,7-8,17H2,1-2H3,(H,18,19). The fourth-order valence-corrected chi connectivity index (χ4v) is 3.94. The number of carbonyl (C=O) groups excluding carboxylic acids is 1. The second kappa shape index (κ2) is 7.02. The highest BCUT2D eigenvalue weighted by Gasteiger charge is 2.21. The van der Waals surface area contributed by atoms with E-state index in [9.17, 15) is 4.79 Å². The summed E-state index contributed by atoms with van der Waals surface area (Å²) in [7, 11) is 0. The summed E-state index contributed by atoms with van der Waals surface area (Å²) in [5.41, 5.74) is 8.35. The lowest BCUT2D eigenvalue weighted by Gasteiger charge is -2.24. The van der Waals surface area contributed by atoms with Gasteiger partial charge in [-0.2, -0.15) is 0 Å². The smallest absolute Gasteiger partial charge is 0.237 e. The first-order valence-corrected chi connectivity index (χ1v) is 8.33. The van der Waals surface area contributed by atoms with Crippen molar-refractivity contribution < 1.29 is 4.79 Å². The van der Waals surface area contributed by atoms with Gasteiger partial charge in [-0.05, 0) is 44.4 Å². The second-order valence-corrected chi connectivity index (χ2v) is 7.19. The second-order valence-electron chi connectivity index (χ2n) is 5.55. The van der Waals surface area contributed by atoms with E-state index in [1.54, 1.807) is 0 Å². The highest BCUT2D eigenvalue weighted by atomic mass is 32.2. The van der Waals surface area contributed by atoms with Crippen LogP contribution in [0.2, 0.25) is 0 Å². The first kappa shape index (κ1) is 15.2. The average Bonchev–Trinajstić information content (AvgIpc) is 2.45. The molecule has 0 saturated heterocycles. The summed E-state index contributed by atoms with van der Waals surface area (Å²) in [4.78, 5) is 12.3. The molecule has 0 bridgehead atoms. The molecule has 0 aliphatic heterocycles. The third kappa shape index (κ3) is 3.92. The van der Waals surface area contributed by atoms with E-state index in [1.165, 1.54) is 32.1 Å². The lowest BCUT2D eigenvalue weighted by molar-refractivity contribution is -0.115. The maximum Gasteiger partial charge on any atom is 0.237 e. The molecule has 1 aromatic carbocycles. The fraction of sp³-hybridized carbons (Fsp3) is 0.562. The van der Waals surface area contributed by atoms with Gasteiger partial charge in [-0.25, -0.2) is 0 Å². The first-order chi connectivity index (χ1) is 9.58. The van der Waals surface area contributed by atoms with E-state index in [1.807, 2.05) is 43.8 Å². The Balaban J connectivity index is 1.91. The normalized spacial score (nSPS) is 17.7. The minimum Gasteiger partial charge on any atom is -0.398 e. The van der Waals surface area contributed by atoms with Crippen LogP contribution < -0.4 is 11.1 Å². The molecule has 1 aromatic rings. The number of benzene rings is 1. The predicted octanol–water partition coefficient (Wildman–Crippen LogP) is 3.97. The van der Waals surface area contributed by atoms with E-state index < -0.39 is 0 Å². The third-order valence-electron chi connectivity index (χ3n) is 3.95. The molecule has 1 amide bonds. The summed E-state index contributed by atoms with van der Waals surface area (Å²) in [5, 5.41) is 3.63. The number of nitrogens with two attached hydrogens (primary N) is 1. The zero-order chi connectivity index (χ0) is 14.5. The molecule has 4 heteroatoms. The number of nitrogen functional groups attached to an aromatic ring is 1. The van der Waals surface area contributed by atoms with Crippen LogP contribution in [-0.4, -0.2) is 16.4 Å². The largest absolute Gasteiger partial charge is 0.398 e. The van der Waals surface area contributed by atoms with Crippen LogP contribution in [0.4, 0.5) is 11.4 Å². The van der Waals surface area contributed by atoms with E-state index in [0.29, 0.717) is 5.25 Å². The highest BCUT2D eigenvalue weighted by Crippen LogP contribution is 2.31. The summed E-state index contributed by atoms with van der Waals surface area (Å²) >= 11 is 1.81. The number of hydrogen-bond donors (Lipinski definition) is 2. The molecule has 3 N–H and O–H groups in total. The molecule has 0 radical (unpaired) electrons. The molecule has 110 valence electrons. The van der Waals surface area contributed by atoms with Gasteiger partial charge in [0.2, 0.25) is 5.91 Å². The Labute approximate surface area is 125 Å². The van der Waals surface area contributed by atoms with Crippen LogP contribution >= 0.6 is 11.8 Å². The number of nitrogens with one attached hydrogen (secondary N) is 1. The van der Waals surface area contributed by atoms with E-state index in [-0.39, 0.29) is 11.2 Å². The van der Waals surface area contributed by atoms with Gasteiger partial charge in [0, 0.05) is 16.6 Å². The predicted molar refractivity (Wildman–Crippen MR) is 88.1 cm³/mol. The molecular weight excluding hydrogens is 268 g/mol. The van der Waals surface area contributed by atoms with Crippen molar-refractivity contribution >= 4 is 29.0 Å². The minimum atomic E-state index is -0.0149. The summed E-state index contributed by atoms with van der Waals surface area (Å²) in [5.74, 6) is 0.0780. The number of rotatable bonds is 4. The Kier molecular flexibility index (Phi) is 5.35. The molecule has 1 aliphatic carbocycles. The molecule has 2 rings (SSSR count). The number of carbonyl (C=O) groups is 1. The van der Waals surface area contributed by atoms with Crippen molar-refractivity contribution in [2.24, 2.45) is 0 Å². The fourth-order valence-electron chi connectivity index (χ4n) is 2.57. The Morgan fingerprint density at radius 2 is 2.05 bits per heavy atom. The average molecular weight is 292 g/mol. The van der Waals surface area contributed by atoms with Crippen molar-refractivity contribution in [1.29, 1.82) is 0 Å². The van der Waals surface area contributed by atoms with Gasteiger partial charge in [-0.1, -0.05) is 25.3 Å². The number of amides is 1. The van der Waals surface area contributed by atoms with Crippen LogP contribution in [-0.2, 0) is 4.79 Å². The zero-order valence-corrected chi connectivity index (χ0v) is 13.1. The molecule has 1 aliphatic rings. The van der Waals surface area contributed by atoms with Crippen molar-refractivity contribution in [3.05, 3.63) is 23.8 Å². The Morgan fingerprint density at radius 1 is 1.35 bits per heavy atom. The van der Waals surface area contributed by atoms with Crippen molar-refractivity contribution in [2.75, 3.05) is 11.1 Å². The molecule has 1 unspecified atom stereocenters. The van der Waals surface area contributed by atoms with E-state index in [0.717, 1.165) is 16.9 Å². The Bertz CT molecular complexity index is 470. The maximum atomic E-state index is 12.3. The molecule has 0 spiro atoms. The monoisotopic (exact) mass is 292 g/mol. The summed E-state index contributed by atoms with van der Waals surface area (Å²) in [6.45, 7) is 3.93. The van der Waals surface area contributed by atoms with Gasteiger partial charge in [0.25, 0.3) is 0 Å². The topological polar surface area (TPSA) is 55.1 Å². The molecule has 0 heterocycles. The zero-order valence-electron chi connectivity index (χ0n) is 12.3. The SMILES string of the molecule is Cc1c(N)cccc1NC(=O)C(C)SC1CCCCC1. The minimum absolute atomic E-state index is 0.0149. The molecule has 1 atom stereocenters. The summed E-state index contributed by atoms with van der Waals surface area (Å²) < 4.78 is 0. The van der Waals surface area contributed by atoms with E-state index in [2.05, 4.69) is 5.32 Å².